The first-order valence-electron chi connectivity index (χ1n) is 44.9. The number of nitriles is 1. The molecule has 14 atom stereocenters. The summed E-state index contributed by atoms with van der Waals surface area (Å²) in [6.45, 7) is 18.4. The molecule has 6 N–H and O–H groups in total. The van der Waals surface area contributed by atoms with E-state index in [2.05, 4.69) is 115 Å². The number of piperidine rings is 1. The number of halogens is 16. The number of hydrogen-bond donors (Lipinski definition) is 6. The van der Waals surface area contributed by atoms with Crippen LogP contribution in [0, 0.1) is 35.0 Å². The summed E-state index contributed by atoms with van der Waals surface area (Å²) in [4.78, 5) is 49.9. The van der Waals surface area contributed by atoms with Crippen LogP contribution < -0.4 is 17.0 Å². The molecule has 2 saturated heterocycles. The molecule has 10 unspecified atom stereocenters. The molecule has 146 heavy (non-hydrogen) atoms. The van der Waals surface area contributed by atoms with Crippen molar-refractivity contribution in [3.63, 3.8) is 0 Å². The monoisotopic (exact) mass is 2230 g/mol. The number of hydrogen-bond acceptors (Lipinski definition) is 29. The molecule has 7 aliphatic rings. The minimum atomic E-state index is -6.72. The number of aryl methyl sites for hydroxylation is 1. The molecule has 57 heteroatoms. The minimum absolute atomic E-state index is 0. The third-order valence-corrected chi connectivity index (χ3v) is 30.0. The number of alkyl halides is 15. The topological polar surface area (TPSA) is 463 Å². The number of carbonyl (C=O) groups excluding carboxylic acids is 3. The lowest BCUT2D eigenvalue weighted by Crippen LogP contribution is -3.00. The lowest BCUT2D eigenvalue weighted by molar-refractivity contribution is -0.998. The van der Waals surface area contributed by atoms with Crippen LogP contribution in [0.15, 0.2) is 153 Å². The number of fused-ring (bicyclic) bond motifs is 5. The summed E-state index contributed by atoms with van der Waals surface area (Å²) in [6.07, 6.45) is 22.2. The Hall–Kier alpha value is -8.76. The number of methoxy groups -OCH3 is 1. The van der Waals surface area contributed by atoms with Gasteiger partial charge < -0.3 is 113 Å². The van der Waals surface area contributed by atoms with Crippen molar-refractivity contribution >= 4 is 68.1 Å². The molecule has 4 aromatic rings. The number of nitrogens with zero attached hydrogens (tertiary/aromatic N) is 14. The number of rotatable bonds is 31. The van der Waals surface area contributed by atoms with Crippen molar-refractivity contribution in [2.24, 2.45) is 30.7 Å². The van der Waals surface area contributed by atoms with Crippen LogP contribution in [0.5, 0.6) is 0 Å². The van der Waals surface area contributed by atoms with E-state index in [9.17, 15) is 129 Å². The van der Waals surface area contributed by atoms with Crippen molar-refractivity contribution in [3.8, 4) is 6.07 Å². The van der Waals surface area contributed by atoms with Crippen molar-refractivity contribution in [1.29, 1.82) is 5.26 Å². The molecular formula is C89H136ClF15N14O22S5. The number of likely N-dealkylation sites (tertiary alicyclic amines) is 2. The van der Waals surface area contributed by atoms with Crippen LogP contribution >= 0.6 is 0 Å². The molecule has 836 valence electrons. The second-order valence-corrected chi connectivity index (χ2v) is 45.0. The van der Waals surface area contributed by atoms with Gasteiger partial charge in [0.25, 0.3) is 0 Å². The average Bonchev–Trinajstić information content (AvgIpc) is 1.48. The number of quaternary nitrogens is 3. The van der Waals surface area contributed by atoms with Gasteiger partial charge in [0.15, 0.2) is 62.6 Å². The van der Waals surface area contributed by atoms with Gasteiger partial charge in [-0.1, -0.05) is 145 Å². The largest absolute Gasteiger partial charge is 1.00 e. The van der Waals surface area contributed by atoms with Crippen molar-refractivity contribution in [3.05, 3.63) is 183 Å². The lowest BCUT2D eigenvalue weighted by atomic mass is 9.87. The highest BCUT2D eigenvalue weighted by Gasteiger charge is 2.82. The van der Waals surface area contributed by atoms with Gasteiger partial charge in [0.05, 0.1) is 126 Å². The van der Waals surface area contributed by atoms with E-state index < -0.39 is 102 Å². The molecule has 0 radical (unpaired) electrons. The van der Waals surface area contributed by atoms with Crippen LogP contribution in [0.4, 0.5) is 65.9 Å². The number of carbonyl (C=O) groups is 3. The summed E-state index contributed by atoms with van der Waals surface area (Å²) < 4.78 is 293. The number of pyridine rings is 1. The predicted molar refractivity (Wildman–Crippen MR) is 503 cm³/mol. The van der Waals surface area contributed by atoms with E-state index in [0.717, 1.165) is 86.0 Å². The smallest absolute Gasteiger partial charge is 0.485 e. The highest BCUT2D eigenvalue weighted by molar-refractivity contribution is 8.13. The fourth-order valence-electron chi connectivity index (χ4n) is 15.7. The number of β-amino-alcohol motifs (C(OH)–C–C–N with tert-alkyl or cyclic N) is 1. The third-order valence-electron chi connectivity index (χ3n) is 23.9. The van der Waals surface area contributed by atoms with E-state index in [4.69, 9.17) is 43.0 Å². The van der Waals surface area contributed by atoms with Gasteiger partial charge in [0.2, 0.25) is 12.0 Å². The van der Waals surface area contributed by atoms with E-state index >= 15 is 0 Å². The third kappa shape index (κ3) is 42.2. The number of ether oxygens (including phenoxy) is 2. The van der Waals surface area contributed by atoms with E-state index in [-0.39, 0.29) is 86.8 Å². The number of aliphatic hydroxyl groups excluding tert-OH is 6. The standard InChI is InChI=1S/C20H28NO3.C18H24NO.C11H20N2O2.C11H15N2O.C10H20N2O.C7H14N2O2.C7H15N2O.2C2F6NO4S2.CHF3O3S.ClH/c1-3-4-10-21(2)17-14-11-15(14)18(21)19(17)24-20(23)16(12-22)13-8-6-5-7-9-13;1-15(18(20)17-12-8-5-9-13-17)19(2,3)14-16-10-6-4-7-11-16;1-5-9(2)10(11(14)15-4)13-7-6-12(3)8-13;1-12-7-3-4-9(8-12)10-5-6-11(14)13(10)2;1-4-9(2)10(7-13)12-6-5-11(3)8-12;1-8-2-3-9(6-8)4-7(11)5-10;1-9(2,3)6-7(10)4-5-8;2*3-1(4,5)14(10,11)9-15(12,13)2(6,7)8;2-1(3,4)8(5,6)7;/h5-9,14-19,22H,3-4,10-12H2,1-2H3;4-13,15,18,20H,14H2,1-3H3;6-7,9-10H,5,8H2,1-4H3;3-4,7-8,10H,5-6H2,1-2H3;5-6,9-10,13H,4,7-8H2,1-3H3;2-3,7,10-11H,4-6H2,1H3;7,10H,4,6H2,1-3H3;;;(H,5,6,7);1H/q2*+1;;+1;;;+1;2*-1;;/p-2/t;15-,18-;;10-;;7-;;;;;/m.0.0.0...../s1. The number of amides is 1. The number of aliphatic hydroxyl groups is 6. The summed E-state index contributed by atoms with van der Waals surface area (Å²) >= 11 is 0. The zero-order valence-electron chi connectivity index (χ0n) is 83.9. The van der Waals surface area contributed by atoms with Gasteiger partial charge in [-0.15, -0.1) is 0 Å². The first-order chi connectivity index (χ1) is 66.4. The van der Waals surface area contributed by atoms with Gasteiger partial charge in [-0.25, -0.2) is 51.5 Å². The Morgan fingerprint density at radius 1 is 0.596 bits per heavy atom. The second kappa shape index (κ2) is 58.0. The Kier molecular flexibility index (Phi) is 53.7. The maximum Gasteiger partial charge on any atom is 0.485 e. The predicted octanol–water partition coefficient (Wildman–Crippen LogP) is 6.99. The Morgan fingerprint density at radius 2 is 1.03 bits per heavy atom. The number of unbranched alkanes of at least 4 members (excludes halogenated alkanes) is 1. The van der Waals surface area contributed by atoms with Crippen molar-refractivity contribution in [2.45, 2.75) is 194 Å². The number of sulfonamides is 4. The van der Waals surface area contributed by atoms with Gasteiger partial charge in [-0.05, 0) is 55.2 Å². The molecule has 3 aromatic carbocycles. The summed E-state index contributed by atoms with van der Waals surface area (Å²) in [5.41, 5.74) is -26.1. The van der Waals surface area contributed by atoms with E-state index in [0.29, 0.717) is 47.9 Å². The molecule has 4 fully saturated rings. The molecule has 6 heterocycles. The Labute approximate surface area is 851 Å². The fourth-order valence-corrected chi connectivity index (χ4v) is 19.1. The highest BCUT2D eigenvalue weighted by Crippen LogP contribution is 2.67. The molecule has 0 spiro atoms. The summed E-state index contributed by atoms with van der Waals surface area (Å²) in [7, 11) is -9.01. The first kappa shape index (κ1) is 135. The summed E-state index contributed by atoms with van der Waals surface area (Å²) in [5, 5.41) is 64.5. The van der Waals surface area contributed by atoms with E-state index in [1.54, 1.807) is 0 Å². The van der Waals surface area contributed by atoms with Crippen LogP contribution in [0.1, 0.15) is 133 Å². The van der Waals surface area contributed by atoms with E-state index in [1.165, 1.54) is 44.0 Å². The quantitative estimate of drug-likeness (QED) is 0.00738. The molecule has 2 aliphatic carbocycles. The summed E-state index contributed by atoms with van der Waals surface area (Å²) in [5.74, 6) is 1.65. The SMILES string of the molecule is CCC(C)C(C(=O)OC)N1C=CN(C)C1.CCC(C)C(CO)N1C=CN(C)C1.CCCC[N+]1(C)C2C3CC3C1C2OC(=O)C(CO)c1ccccc1.CN1C(=O)CC[C@H]1c1ccc[n+](C)c1.CN1C=CN(C[C@H](O)CO)C1.C[C@@H]([C@H](O)c1ccccc1)[N+](C)(C)Cc1ccccc1.C[N+](C)(C)CC(O)CC#N.O=S(=O)([N-]S(=O)(=O)C(F)(F)F)C(F)(F)F.O=S(=O)([N-]S(=O)(=O)C(F)(F)F)C(F)(F)F.O=S(=O)([O-])C(F)(F)F.[Cl-]. The van der Waals surface area contributed by atoms with Gasteiger partial charge in [0.1, 0.15) is 62.4 Å². The zero-order chi connectivity index (χ0) is 112. The number of likely N-dealkylation sites (N-methyl/N-ethyl adjacent to an activating group) is 3. The second-order valence-electron chi connectivity index (χ2n) is 36.8. The number of benzene rings is 3. The minimum Gasteiger partial charge on any atom is -1.00 e. The van der Waals surface area contributed by atoms with E-state index in [1.807, 2.05) is 202 Å². The van der Waals surface area contributed by atoms with Gasteiger partial charge in [-0.2, -0.15) is 71.1 Å². The van der Waals surface area contributed by atoms with Crippen LogP contribution in [0.25, 0.3) is 8.25 Å². The van der Waals surface area contributed by atoms with Crippen LogP contribution in [0.2, 0.25) is 0 Å². The molecule has 1 amide bonds. The molecule has 2 saturated carbocycles. The van der Waals surface area contributed by atoms with Crippen molar-refractivity contribution in [2.75, 3.05) is 137 Å². The fraction of sp³-hybridized carbons (Fsp3) is 0.629. The molecule has 1 aromatic heterocycles. The van der Waals surface area contributed by atoms with Crippen LogP contribution in [-0.4, -0.2) is 356 Å². The Bertz CT molecular complexity index is 5220. The van der Waals surface area contributed by atoms with Crippen molar-refractivity contribution in [1.82, 2.24) is 34.3 Å². The molecule has 11 rings (SSSR count). The van der Waals surface area contributed by atoms with Crippen LogP contribution in [-0.2, 0) is 87.7 Å². The lowest BCUT2D eigenvalue weighted by Gasteiger charge is -2.56. The Balaban J connectivity index is 0.000000822. The average molecular weight is 2230 g/mol. The van der Waals surface area contributed by atoms with Gasteiger partial charge in [-0.3, -0.25) is 9.59 Å². The number of aromatic nitrogens is 1. The van der Waals surface area contributed by atoms with Gasteiger partial charge >= 0.3 is 39.5 Å². The highest BCUT2D eigenvalue weighted by atomic mass is 35.5. The van der Waals surface area contributed by atoms with Crippen molar-refractivity contribution < 1.29 is 197 Å². The molecular weight excluding hydrogens is 2100 g/mol. The molecule has 36 nitrogen and oxygen atoms in total. The zero-order valence-corrected chi connectivity index (χ0v) is 88.7. The summed E-state index contributed by atoms with van der Waals surface area (Å²) in [6, 6.07) is 37.3. The maximum absolute atomic E-state index is 12.7. The number of esters is 2. The molecule has 5 aliphatic heterocycles. The Morgan fingerprint density at radius 3 is 1.38 bits per heavy atom. The van der Waals surface area contributed by atoms with Gasteiger partial charge in [0, 0.05) is 107 Å². The normalized spacial score (nSPS) is 20.8. The first-order valence-corrected chi connectivity index (χ1v) is 52.1. The molecule has 2 bridgehead atoms. The van der Waals surface area contributed by atoms with Crippen LogP contribution in [0.3, 0.4) is 0 Å². The maximum atomic E-state index is 12.7.